The number of fused-ring (bicyclic) bond motifs is 1. The zero-order chi connectivity index (χ0) is 15.0. The van der Waals surface area contributed by atoms with Crippen LogP contribution in [0.25, 0.3) is 11.2 Å². The number of aromatic amines is 1. The molecule has 0 aliphatic rings. The van der Waals surface area contributed by atoms with E-state index >= 15 is 0 Å². The van der Waals surface area contributed by atoms with Crippen LogP contribution in [-0.2, 0) is 19.5 Å². The van der Waals surface area contributed by atoms with Crippen molar-refractivity contribution in [3.63, 3.8) is 0 Å². The third kappa shape index (κ3) is 2.51. The second-order valence-corrected chi connectivity index (χ2v) is 5.45. The van der Waals surface area contributed by atoms with Gasteiger partial charge in [0.05, 0.1) is 5.69 Å². The zero-order valence-electron chi connectivity index (χ0n) is 12.1. The maximum absolute atomic E-state index is 13.2. The molecule has 0 saturated carbocycles. The molecule has 2 heterocycles. The van der Waals surface area contributed by atoms with E-state index in [0.29, 0.717) is 11.3 Å². The van der Waals surface area contributed by atoms with E-state index in [2.05, 4.69) is 17.0 Å². The van der Waals surface area contributed by atoms with Crippen LogP contribution in [0.4, 0.5) is 4.39 Å². The highest BCUT2D eigenvalue weighted by Crippen LogP contribution is 2.18. The lowest BCUT2D eigenvalue weighted by molar-refractivity contribution is 0.613. The minimum atomic E-state index is -0.204. The van der Waals surface area contributed by atoms with E-state index in [1.807, 2.05) is 22.2 Å². The Hall–Kier alpha value is -1.95. The highest BCUT2D eigenvalue weighted by Gasteiger charge is 2.13. The molecule has 0 fully saturated rings. The van der Waals surface area contributed by atoms with E-state index in [9.17, 15) is 4.39 Å². The number of nitrogens with zero attached hydrogens (tertiary/aromatic N) is 3. The molecule has 0 radical (unpaired) electrons. The summed E-state index contributed by atoms with van der Waals surface area (Å²) in [7, 11) is 0. The first-order valence-corrected chi connectivity index (χ1v) is 7.41. The smallest absolute Gasteiger partial charge is 0.179 e. The van der Waals surface area contributed by atoms with Crippen molar-refractivity contribution in [1.82, 2.24) is 19.3 Å². The number of halogens is 1. The monoisotopic (exact) mass is 304 g/mol. The molecule has 110 valence electrons. The van der Waals surface area contributed by atoms with Crippen LogP contribution in [0, 0.1) is 17.5 Å². The minimum absolute atomic E-state index is 0.204. The van der Waals surface area contributed by atoms with Crippen LogP contribution in [0.15, 0.2) is 24.3 Å². The number of hydrogen-bond donors (Lipinski definition) is 1. The van der Waals surface area contributed by atoms with Gasteiger partial charge in [0.25, 0.3) is 0 Å². The molecule has 1 N–H and O–H groups in total. The molecule has 0 saturated heterocycles. The third-order valence-electron chi connectivity index (χ3n) is 3.65. The Bertz CT molecular complexity index is 843. The Labute approximate surface area is 127 Å². The van der Waals surface area contributed by atoms with E-state index in [1.165, 1.54) is 6.07 Å². The predicted molar refractivity (Wildman–Crippen MR) is 83.4 cm³/mol. The first-order valence-electron chi connectivity index (χ1n) is 7.00. The molecule has 0 unspecified atom stereocenters. The second-order valence-electron chi connectivity index (χ2n) is 5.06. The summed E-state index contributed by atoms with van der Waals surface area (Å²) in [5.41, 5.74) is 3.91. The first kappa shape index (κ1) is 14.0. The Balaban J connectivity index is 1.97. The SMILES string of the molecule is CCn1nc(C)c2[nH]c(=S)n(CCc3cccc(F)c3)c21. The van der Waals surface area contributed by atoms with Gasteiger partial charge < -0.3 is 9.55 Å². The molecule has 4 nitrogen and oxygen atoms in total. The molecule has 2 aromatic heterocycles. The van der Waals surface area contributed by atoms with Gasteiger partial charge in [0.1, 0.15) is 11.3 Å². The van der Waals surface area contributed by atoms with Crippen molar-refractivity contribution in [2.24, 2.45) is 0 Å². The summed E-state index contributed by atoms with van der Waals surface area (Å²) in [6.07, 6.45) is 0.729. The van der Waals surface area contributed by atoms with Gasteiger partial charge in [-0.15, -0.1) is 0 Å². The normalized spacial score (nSPS) is 11.4. The highest BCUT2D eigenvalue weighted by molar-refractivity contribution is 7.71. The van der Waals surface area contributed by atoms with E-state index < -0.39 is 0 Å². The van der Waals surface area contributed by atoms with Crippen LogP contribution in [-0.4, -0.2) is 19.3 Å². The van der Waals surface area contributed by atoms with Crippen molar-refractivity contribution < 1.29 is 4.39 Å². The van der Waals surface area contributed by atoms with Gasteiger partial charge in [-0.25, -0.2) is 9.07 Å². The van der Waals surface area contributed by atoms with Crippen LogP contribution in [0.3, 0.4) is 0 Å². The number of imidazole rings is 1. The molecule has 0 aliphatic heterocycles. The molecule has 0 amide bonds. The number of H-pyrrole nitrogens is 1. The van der Waals surface area contributed by atoms with Gasteiger partial charge >= 0.3 is 0 Å². The lowest BCUT2D eigenvalue weighted by Gasteiger charge is -2.06. The Morgan fingerprint density at radius 1 is 1.38 bits per heavy atom. The van der Waals surface area contributed by atoms with Gasteiger partial charge in [-0.2, -0.15) is 5.10 Å². The molecular formula is C15H17FN4S. The number of aryl methyl sites for hydroxylation is 4. The van der Waals surface area contributed by atoms with Gasteiger partial charge in [0, 0.05) is 13.1 Å². The van der Waals surface area contributed by atoms with Crippen molar-refractivity contribution in [1.29, 1.82) is 0 Å². The number of nitrogens with one attached hydrogen (secondary N) is 1. The summed E-state index contributed by atoms with van der Waals surface area (Å²) in [6, 6.07) is 6.69. The molecule has 1 aromatic carbocycles. The molecule has 3 rings (SSSR count). The fourth-order valence-electron chi connectivity index (χ4n) is 2.62. The highest BCUT2D eigenvalue weighted by atomic mass is 32.1. The zero-order valence-corrected chi connectivity index (χ0v) is 12.9. The van der Waals surface area contributed by atoms with E-state index in [4.69, 9.17) is 12.2 Å². The van der Waals surface area contributed by atoms with E-state index in [1.54, 1.807) is 12.1 Å². The predicted octanol–water partition coefficient (Wildman–Crippen LogP) is 3.61. The van der Waals surface area contributed by atoms with Crippen LogP contribution >= 0.6 is 12.2 Å². The van der Waals surface area contributed by atoms with Crippen molar-refractivity contribution in [3.05, 3.63) is 46.1 Å². The quantitative estimate of drug-likeness (QED) is 0.748. The third-order valence-corrected chi connectivity index (χ3v) is 3.97. The fraction of sp³-hybridized carbons (Fsp3) is 0.333. The summed E-state index contributed by atoms with van der Waals surface area (Å²) in [4.78, 5) is 3.22. The Morgan fingerprint density at radius 3 is 2.90 bits per heavy atom. The van der Waals surface area contributed by atoms with E-state index in [-0.39, 0.29) is 5.82 Å². The van der Waals surface area contributed by atoms with Crippen LogP contribution in [0.1, 0.15) is 18.2 Å². The fourth-order valence-corrected chi connectivity index (χ4v) is 2.90. The topological polar surface area (TPSA) is 38.5 Å². The molecular weight excluding hydrogens is 287 g/mol. The second kappa shape index (κ2) is 5.44. The summed E-state index contributed by atoms with van der Waals surface area (Å²) in [5.74, 6) is -0.204. The van der Waals surface area contributed by atoms with Gasteiger partial charge in [-0.05, 0) is 50.2 Å². The average molecular weight is 304 g/mol. The van der Waals surface area contributed by atoms with Crippen LogP contribution < -0.4 is 0 Å². The molecule has 3 aromatic rings. The lowest BCUT2D eigenvalue weighted by atomic mass is 10.1. The summed E-state index contributed by atoms with van der Waals surface area (Å²) in [5, 5.41) is 4.50. The van der Waals surface area contributed by atoms with Crippen molar-refractivity contribution in [3.8, 4) is 0 Å². The Morgan fingerprint density at radius 2 is 2.19 bits per heavy atom. The van der Waals surface area contributed by atoms with Gasteiger partial charge in [0.15, 0.2) is 10.4 Å². The largest absolute Gasteiger partial charge is 0.328 e. The average Bonchev–Trinajstić information content (AvgIpc) is 2.94. The molecule has 0 atom stereocenters. The Kier molecular flexibility index (Phi) is 3.63. The number of benzene rings is 1. The van der Waals surface area contributed by atoms with Crippen molar-refractivity contribution >= 4 is 23.4 Å². The first-order chi connectivity index (χ1) is 10.1. The standard InChI is InChI=1S/C15H17FN4S/c1-3-20-14-13(10(2)18-20)17-15(21)19(14)8-7-11-5-4-6-12(16)9-11/h4-6,9H,3,7-8H2,1-2H3,(H,17,21). The molecule has 0 spiro atoms. The summed E-state index contributed by atoms with van der Waals surface area (Å²) >= 11 is 5.41. The number of aromatic nitrogens is 4. The van der Waals surface area contributed by atoms with Crippen LogP contribution in [0.2, 0.25) is 0 Å². The maximum Gasteiger partial charge on any atom is 0.179 e. The maximum atomic E-state index is 13.2. The van der Waals surface area contributed by atoms with Crippen LogP contribution in [0.5, 0.6) is 0 Å². The van der Waals surface area contributed by atoms with E-state index in [0.717, 1.165) is 35.4 Å². The number of hydrogen-bond acceptors (Lipinski definition) is 2. The molecule has 21 heavy (non-hydrogen) atoms. The van der Waals surface area contributed by atoms with Crippen molar-refractivity contribution in [2.45, 2.75) is 33.4 Å². The summed E-state index contributed by atoms with van der Waals surface area (Å²) < 4.78 is 17.9. The van der Waals surface area contributed by atoms with Gasteiger partial charge in [-0.3, -0.25) is 0 Å². The van der Waals surface area contributed by atoms with Gasteiger partial charge in [0.2, 0.25) is 0 Å². The molecule has 6 heteroatoms. The number of rotatable bonds is 4. The van der Waals surface area contributed by atoms with Gasteiger partial charge in [-0.1, -0.05) is 12.1 Å². The van der Waals surface area contributed by atoms with Crippen molar-refractivity contribution in [2.75, 3.05) is 0 Å². The summed E-state index contributed by atoms with van der Waals surface area (Å²) in [6.45, 7) is 5.51. The molecule has 0 aliphatic carbocycles. The molecule has 0 bridgehead atoms. The lowest BCUT2D eigenvalue weighted by Crippen LogP contribution is -2.07. The minimum Gasteiger partial charge on any atom is -0.328 e.